The van der Waals surface area contributed by atoms with Crippen LogP contribution < -0.4 is 5.32 Å². The molecule has 0 atom stereocenters. The molecule has 0 bridgehead atoms. The van der Waals surface area contributed by atoms with E-state index < -0.39 is 10.0 Å². The van der Waals surface area contributed by atoms with Crippen molar-refractivity contribution in [2.24, 2.45) is 5.92 Å². The molecule has 8 nitrogen and oxygen atoms in total. The van der Waals surface area contributed by atoms with Crippen LogP contribution in [0.1, 0.15) is 25.3 Å². The second-order valence-electron chi connectivity index (χ2n) is 6.38. The Kier molecular flexibility index (Phi) is 5.38. The molecule has 0 saturated carbocycles. The minimum atomic E-state index is -3.61. The van der Waals surface area contributed by atoms with Crippen molar-refractivity contribution >= 4 is 21.7 Å². The van der Waals surface area contributed by atoms with Gasteiger partial charge in [0.2, 0.25) is 5.91 Å². The predicted molar refractivity (Wildman–Crippen MR) is 97.0 cm³/mol. The predicted octanol–water partition coefficient (Wildman–Crippen LogP) is 1.65. The van der Waals surface area contributed by atoms with Crippen LogP contribution in [0.25, 0.3) is 0 Å². The Labute approximate surface area is 153 Å². The number of rotatable bonds is 5. The lowest BCUT2D eigenvalue weighted by Gasteiger charge is -2.29. The lowest BCUT2D eigenvalue weighted by Crippen LogP contribution is -2.41. The van der Waals surface area contributed by atoms with Crippen molar-refractivity contribution in [2.75, 3.05) is 18.4 Å². The maximum absolute atomic E-state index is 12.7. The highest BCUT2D eigenvalue weighted by Crippen LogP contribution is 2.24. The maximum atomic E-state index is 12.7. The first-order chi connectivity index (χ1) is 12.4. The third-order valence-corrected chi connectivity index (χ3v) is 6.44. The standard InChI is InChI=1S/C17H23N5O3S/c1-3-21-11-15(19-12-21)26(24,25)22-9-6-14(7-10-22)17(23)20-16-13(2)5-4-8-18-16/h4-5,8,11-12,14H,3,6-7,9-10H2,1-2H3,(H,18,20,23). The number of aryl methyl sites for hydroxylation is 2. The number of nitrogens with zero attached hydrogens (tertiary/aromatic N) is 4. The monoisotopic (exact) mass is 377 g/mol. The molecule has 0 unspecified atom stereocenters. The summed E-state index contributed by atoms with van der Waals surface area (Å²) in [6.07, 6.45) is 5.64. The zero-order chi connectivity index (χ0) is 18.7. The van der Waals surface area contributed by atoms with Gasteiger partial charge in [-0.2, -0.15) is 4.31 Å². The fourth-order valence-electron chi connectivity index (χ4n) is 2.97. The quantitative estimate of drug-likeness (QED) is 0.854. The smallest absolute Gasteiger partial charge is 0.262 e. The van der Waals surface area contributed by atoms with Gasteiger partial charge in [0.1, 0.15) is 5.82 Å². The van der Waals surface area contributed by atoms with Crippen LogP contribution in [0.2, 0.25) is 0 Å². The molecule has 1 aliphatic heterocycles. The van der Waals surface area contributed by atoms with Crippen LogP contribution in [0.4, 0.5) is 5.82 Å². The summed E-state index contributed by atoms with van der Waals surface area (Å²) in [4.78, 5) is 20.6. The molecule has 3 heterocycles. The molecule has 1 saturated heterocycles. The first-order valence-electron chi connectivity index (χ1n) is 8.66. The minimum Gasteiger partial charge on any atom is -0.336 e. The lowest BCUT2D eigenvalue weighted by atomic mass is 9.97. The van der Waals surface area contributed by atoms with Gasteiger partial charge in [-0.05, 0) is 38.3 Å². The van der Waals surface area contributed by atoms with Gasteiger partial charge in [0.05, 0.1) is 6.33 Å². The highest BCUT2D eigenvalue weighted by molar-refractivity contribution is 7.89. The van der Waals surface area contributed by atoms with Crippen molar-refractivity contribution in [3.63, 3.8) is 0 Å². The molecule has 0 aliphatic carbocycles. The number of pyridine rings is 1. The molecule has 140 valence electrons. The Morgan fingerprint density at radius 2 is 2.04 bits per heavy atom. The Balaban J connectivity index is 1.61. The van der Waals surface area contributed by atoms with Gasteiger partial charge in [-0.25, -0.2) is 18.4 Å². The Bertz CT molecular complexity index is 885. The highest BCUT2D eigenvalue weighted by atomic mass is 32.2. The number of carbonyl (C=O) groups excluding carboxylic acids is 1. The van der Waals surface area contributed by atoms with Crippen molar-refractivity contribution in [2.45, 2.75) is 38.3 Å². The number of anilines is 1. The van der Waals surface area contributed by atoms with Gasteiger partial charge in [0.15, 0.2) is 5.03 Å². The normalized spacial score (nSPS) is 16.5. The van der Waals surface area contributed by atoms with Crippen molar-refractivity contribution in [1.82, 2.24) is 18.8 Å². The molecule has 1 N–H and O–H groups in total. The average molecular weight is 377 g/mol. The number of hydrogen-bond acceptors (Lipinski definition) is 5. The SMILES string of the molecule is CCn1cnc(S(=O)(=O)N2CCC(C(=O)Nc3ncccc3C)CC2)c1. The molecule has 1 aliphatic rings. The molecule has 2 aromatic rings. The molecule has 0 spiro atoms. The molecule has 3 rings (SSSR count). The summed E-state index contributed by atoms with van der Waals surface area (Å²) >= 11 is 0. The number of sulfonamides is 1. The maximum Gasteiger partial charge on any atom is 0.262 e. The molecule has 2 aromatic heterocycles. The van der Waals surface area contributed by atoms with Crippen molar-refractivity contribution in [1.29, 1.82) is 0 Å². The summed E-state index contributed by atoms with van der Waals surface area (Å²) in [5.74, 6) is 0.216. The minimum absolute atomic E-state index is 0.0614. The number of piperidine rings is 1. The summed E-state index contributed by atoms with van der Waals surface area (Å²) in [6.45, 7) is 5.08. The van der Waals surface area contributed by atoms with Gasteiger partial charge in [-0.15, -0.1) is 0 Å². The summed E-state index contributed by atoms with van der Waals surface area (Å²) < 4.78 is 28.5. The fourth-order valence-corrected chi connectivity index (χ4v) is 4.38. The van der Waals surface area contributed by atoms with Crippen LogP contribution in [0.15, 0.2) is 35.9 Å². The van der Waals surface area contributed by atoms with E-state index in [1.54, 1.807) is 10.8 Å². The van der Waals surface area contributed by atoms with Crippen LogP contribution in [-0.4, -0.2) is 46.3 Å². The molecule has 9 heteroatoms. The largest absolute Gasteiger partial charge is 0.336 e. The first kappa shape index (κ1) is 18.5. The van der Waals surface area contributed by atoms with E-state index in [1.807, 2.05) is 26.0 Å². The Morgan fingerprint density at radius 3 is 2.65 bits per heavy atom. The van der Waals surface area contributed by atoms with Gasteiger partial charge in [0, 0.05) is 37.9 Å². The molecule has 1 fully saturated rings. The van der Waals surface area contributed by atoms with Crippen molar-refractivity contribution < 1.29 is 13.2 Å². The van der Waals surface area contributed by atoms with Crippen LogP contribution in [0.5, 0.6) is 0 Å². The van der Waals surface area contributed by atoms with E-state index in [2.05, 4.69) is 15.3 Å². The van der Waals surface area contributed by atoms with E-state index in [0.29, 0.717) is 38.3 Å². The van der Waals surface area contributed by atoms with E-state index in [4.69, 9.17) is 0 Å². The topological polar surface area (TPSA) is 97.2 Å². The number of carbonyl (C=O) groups is 1. The number of aromatic nitrogens is 3. The van der Waals surface area contributed by atoms with E-state index >= 15 is 0 Å². The first-order valence-corrected chi connectivity index (χ1v) is 10.1. The zero-order valence-corrected chi connectivity index (χ0v) is 15.7. The van der Waals surface area contributed by atoms with Crippen molar-refractivity contribution in [3.8, 4) is 0 Å². The summed E-state index contributed by atoms with van der Waals surface area (Å²) in [6, 6.07) is 3.70. The fraction of sp³-hybridized carbons (Fsp3) is 0.471. The van der Waals surface area contributed by atoms with Gasteiger partial charge >= 0.3 is 0 Å². The molecule has 0 radical (unpaired) electrons. The van der Waals surface area contributed by atoms with Crippen molar-refractivity contribution in [3.05, 3.63) is 36.4 Å². The van der Waals surface area contributed by atoms with Crippen LogP contribution in [-0.2, 0) is 21.4 Å². The summed E-state index contributed by atoms with van der Waals surface area (Å²) in [5, 5.41) is 2.90. The molecular formula is C17H23N5O3S. The van der Waals surface area contributed by atoms with E-state index in [0.717, 1.165) is 5.56 Å². The molecule has 1 amide bonds. The summed E-state index contributed by atoms with van der Waals surface area (Å²) in [7, 11) is -3.61. The van der Waals surface area contributed by atoms with Crippen LogP contribution in [0, 0.1) is 12.8 Å². The van der Waals surface area contributed by atoms with E-state index in [1.165, 1.54) is 16.8 Å². The molecule has 26 heavy (non-hydrogen) atoms. The Hall–Kier alpha value is -2.26. The number of imidazole rings is 1. The molecule has 0 aromatic carbocycles. The number of hydrogen-bond donors (Lipinski definition) is 1. The van der Waals surface area contributed by atoms with E-state index in [9.17, 15) is 13.2 Å². The van der Waals surface area contributed by atoms with Gasteiger partial charge in [0.25, 0.3) is 10.0 Å². The number of nitrogens with one attached hydrogen (secondary N) is 1. The second-order valence-corrected chi connectivity index (χ2v) is 8.26. The van der Waals surface area contributed by atoms with Crippen LogP contribution in [0.3, 0.4) is 0 Å². The number of amides is 1. The summed E-state index contributed by atoms with van der Waals surface area (Å²) in [5.41, 5.74) is 0.896. The van der Waals surface area contributed by atoms with E-state index in [-0.39, 0.29) is 16.9 Å². The third kappa shape index (κ3) is 3.78. The highest BCUT2D eigenvalue weighted by Gasteiger charge is 2.33. The second kappa shape index (κ2) is 7.55. The van der Waals surface area contributed by atoms with Gasteiger partial charge < -0.3 is 9.88 Å². The lowest BCUT2D eigenvalue weighted by molar-refractivity contribution is -0.120. The Morgan fingerprint density at radius 1 is 1.31 bits per heavy atom. The average Bonchev–Trinajstić information content (AvgIpc) is 3.14. The zero-order valence-electron chi connectivity index (χ0n) is 14.9. The third-order valence-electron chi connectivity index (χ3n) is 4.65. The van der Waals surface area contributed by atoms with Gasteiger partial charge in [-0.3, -0.25) is 4.79 Å². The molecular weight excluding hydrogens is 354 g/mol. The van der Waals surface area contributed by atoms with Gasteiger partial charge in [-0.1, -0.05) is 6.07 Å². The van der Waals surface area contributed by atoms with Crippen LogP contribution >= 0.6 is 0 Å².